The summed E-state index contributed by atoms with van der Waals surface area (Å²) in [6.45, 7) is 0.388. The van der Waals surface area contributed by atoms with Crippen LogP contribution in [0.5, 0.6) is 0 Å². The second kappa shape index (κ2) is 4.79. The number of carbonyl (C=O) groups excluding carboxylic acids is 2. The zero-order valence-corrected chi connectivity index (χ0v) is 8.81. The van der Waals surface area contributed by atoms with Gasteiger partial charge in [0.05, 0.1) is 6.54 Å². The van der Waals surface area contributed by atoms with E-state index in [1.807, 2.05) is 18.2 Å². The van der Waals surface area contributed by atoms with Gasteiger partial charge in [0.2, 0.25) is 0 Å². The lowest BCUT2D eigenvalue weighted by molar-refractivity contribution is -0.141. The molecule has 1 aromatic rings. The molecule has 0 saturated carbocycles. The lowest BCUT2D eigenvalue weighted by Crippen LogP contribution is -2.31. The molecule has 4 heteroatoms. The molecule has 1 heterocycles. The van der Waals surface area contributed by atoms with Crippen molar-refractivity contribution in [3.63, 3.8) is 0 Å². The molecule has 84 valence electrons. The molecule has 0 radical (unpaired) electrons. The summed E-state index contributed by atoms with van der Waals surface area (Å²) >= 11 is 0. The number of esters is 1. The number of carbonyl (C=O) groups is 2. The minimum atomic E-state index is -0.182. The number of amides is 1. The zero-order valence-electron chi connectivity index (χ0n) is 8.81. The van der Waals surface area contributed by atoms with Crippen molar-refractivity contribution in [1.29, 1.82) is 0 Å². The number of cyclic esters (lactones) is 1. The fraction of sp³-hybridized carbons (Fsp3) is 0.333. The highest BCUT2D eigenvalue weighted by molar-refractivity contribution is 5.94. The summed E-state index contributed by atoms with van der Waals surface area (Å²) in [6.07, 6.45) is 0.972. The molecule has 1 fully saturated rings. The van der Waals surface area contributed by atoms with Crippen molar-refractivity contribution in [3.8, 4) is 0 Å². The normalized spacial score (nSPS) is 19.2. The lowest BCUT2D eigenvalue weighted by Gasteiger charge is -2.10. The van der Waals surface area contributed by atoms with Crippen LogP contribution in [0.3, 0.4) is 0 Å². The van der Waals surface area contributed by atoms with E-state index in [0.29, 0.717) is 24.9 Å². The summed E-state index contributed by atoms with van der Waals surface area (Å²) in [4.78, 5) is 22.5. The number of hydrogen-bond donors (Lipinski definition) is 1. The topological polar surface area (TPSA) is 55.4 Å². The fourth-order valence-corrected chi connectivity index (χ4v) is 1.62. The van der Waals surface area contributed by atoms with Gasteiger partial charge in [-0.2, -0.15) is 0 Å². The third kappa shape index (κ3) is 2.59. The Morgan fingerprint density at radius 2 is 2.12 bits per heavy atom. The van der Waals surface area contributed by atoms with E-state index in [1.165, 1.54) is 0 Å². The van der Waals surface area contributed by atoms with E-state index in [0.717, 1.165) is 0 Å². The first kappa shape index (κ1) is 10.7. The fourth-order valence-electron chi connectivity index (χ4n) is 1.62. The van der Waals surface area contributed by atoms with Crippen LogP contribution < -0.4 is 5.32 Å². The highest BCUT2D eigenvalue weighted by Gasteiger charge is 2.23. The second-order valence-corrected chi connectivity index (χ2v) is 3.73. The summed E-state index contributed by atoms with van der Waals surface area (Å²) in [5.41, 5.74) is 0.617. The largest absolute Gasteiger partial charge is 0.460 e. The van der Waals surface area contributed by atoms with E-state index in [4.69, 9.17) is 4.74 Å². The number of ether oxygens (including phenoxy) is 1. The van der Waals surface area contributed by atoms with Crippen LogP contribution in [0.2, 0.25) is 0 Å². The molecule has 0 bridgehead atoms. The van der Waals surface area contributed by atoms with Gasteiger partial charge in [0.1, 0.15) is 6.10 Å². The van der Waals surface area contributed by atoms with E-state index in [1.54, 1.807) is 12.1 Å². The van der Waals surface area contributed by atoms with Crippen LogP contribution in [0.4, 0.5) is 0 Å². The lowest BCUT2D eigenvalue weighted by atomic mass is 10.2. The first-order valence-corrected chi connectivity index (χ1v) is 5.28. The maximum Gasteiger partial charge on any atom is 0.306 e. The molecule has 0 aliphatic carbocycles. The average Bonchev–Trinajstić information content (AvgIpc) is 2.73. The third-order valence-electron chi connectivity index (χ3n) is 2.49. The van der Waals surface area contributed by atoms with Crippen LogP contribution in [0, 0.1) is 0 Å². The standard InChI is InChI=1S/C12H13NO3/c14-11-7-6-10(16-11)8-13-12(15)9-4-2-1-3-5-9/h1-5,10H,6-8H2,(H,13,15). The van der Waals surface area contributed by atoms with Gasteiger partial charge < -0.3 is 10.1 Å². The molecule has 1 unspecified atom stereocenters. The minimum Gasteiger partial charge on any atom is -0.460 e. The Labute approximate surface area is 93.6 Å². The van der Waals surface area contributed by atoms with Crippen LogP contribution in [-0.2, 0) is 9.53 Å². The van der Waals surface area contributed by atoms with Gasteiger partial charge >= 0.3 is 5.97 Å². The zero-order chi connectivity index (χ0) is 11.4. The number of nitrogens with one attached hydrogen (secondary N) is 1. The van der Waals surface area contributed by atoms with Crippen LogP contribution in [0.1, 0.15) is 23.2 Å². The van der Waals surface area contributed by atoms with Crippen molar-refractivity contribution in [2.45, 2.75) is 18.9 Å². The molecule has 1 N–H and O–H groups in total. The summed E-state index contributed by atoms with van der Waals surface area (Å²) in [7, 11) is 0. The average molecular weight is 219 g/mol. The third-order valence-corrected chi connectivity index (χ3v) is 2.49. The number of benzene rings is 1. The second-order valence-electron chi connectivity index (χ2n) is 3.73. The molecule has 1 aliphatic heterocycles. The molecule has 2 rings (SSSR count). The number of hydrogen-bond acceptors (Lipinski definition) is 3. The maximum atomic E-state index is 11.6. The van der Waals surface area contributed by atoms with Gasteiger partial charge in [0.15, 0.2) is 0 Å². The monoisotopic (exact) mass is 219 g/mol. The summed E-state index contributed by atoms with van der Waals surface area (Å²) in [5.74, 6) is -0.317. The Balaban J connectivity index is 1.82. The van der Waals surface area contributed by atoms with Crippen molar-refractivity contribution >= 4 is 11.9 Å². The van der Waals surface area contributed by atoms with Crippen molar-refractivity contribution in [2.24, 2.45) is 0 Å². The SMILES string of the molecule is O=C1CCC(CNC(=O)c2ccccc2)O1. The van der Waals surface area contributed by atoms with Crippen LogP contribution in [-0.4, -0.2) is 24.5 Å². The van der Waals surface area contributed by atoms with Gasteiger partial charge in [-0.05, 0) is 18.6 Å². The molecule has 1 atom stereocenters. The molecule has 1 aromatic carbocycles. The Morgan fingerprint density at radius 1 is 1.38 bits per heavy atom. The molecule has 16 heavy (non-hydrogen) atoms. The van der Waals surface area contributed by atoms with Crippen molar-refractivity contribution in [3.05, 3.63) is 35.9 Å². The molecule has 4 nitrogen and oxygen atoms in total. The predicted molar refractivity (Wildman–Crippen MR) is 57.9 cm³/mol. The highest BCUT2D eigenvalue weighted by atomic mass is 16.5. The first-order chi connectivity index (χ1) is 7.75. The van der Waals surface area contributed by atoms with E-state index in [9.17, 15) is 9.59 Å². The van der Waals surface area contributed by atoms with Crippen LogP contribution in [0.25, 0.3) is 0 Å². The minimum absolute atomic E-state index is 0.136. The summed E-state index contributed by atoms with van der Waals surface area (Å²) in [5, 5.41) is 2.75. The summed E-state index contributed by atoms with van der Waals surface area (Å²) in [6, 6.07) is 8.97. The Kier molecular flexibility index (Phi) is 3.19. The Morgan fingerprint density at radius 3 is 2.75 bits per heavy atom. The highest BCUT2D eigenvalue weighted by Crippen LogP contribution is 2.12. The molecule has 1 saturated heterocycles. The van der Waals surface area contributed by atoms with Gasteiger partial charge in [-0.1, -0.05) is 18.2 Å². The van der Waals surface area contributed by atoms with Crippen LogP contribution >= 0.6 is 0 Å². The van der Waals surface area contributed by atoms with E-state index < -0.39 is 0 Å². The predicted octanol–water partition coefficient (Wildman–Crippen LogP) is 1.12. The smallest absolute Gasteiger partial charge is 0.306 e. The van der Waals surface area contributed by atoms with Crippen LogP contribution in [0.15, 0.2) is 30.3 Å². The Hall–Kier alpha value is -1.84. The van der Waals surface area contributed by atoms with Gasteiger partial charge in [-0.15, -0.1) is 0 Å². The molecule has 1 aliphatic rings. The molecule has 0 spiro atoms. The summed E-state index contributed by atoms with van der Waals surface area (Å²) < 4.78 is 4.99. The quantitative estimate of drug-likeness (QED) is 0.775. The van der Waals surface area contributed by atoms with Gasteiger partial charge in [-0.3, -0.25) is 9.59 Å². The molecular formula is C12H13NO3. The van der Waals surface area contributed by atoms with Gasteiger partial charge in [0.25, 0.3) is 5.91 Å². The van der Waals surface area contributed by atoms with E-state index in [2.05, 4.69) is 5.32 Å². The maximum absolute atomic E-state index is 11.6. The molecule has 0 aromatic heterocycles. The van der Waals surface area contributed by atoms with E-state index >= 15 is 0 Å². The van der Waals surface area contributed by atoms with E-state index in [-0.39, 0.29) is 18.0 Å². The Bertz CT molecular complexity index is 389. The van der Waals surface area contributed by atoms with Crippen molar-refractivity contribution < 1.29 is 14.3 Å². The van der Waals surface area contributed by atoms with Crippen molar-refractivity contribution in [2.75, 3.05) is 6.54 Å². The van der Waals surface area contributed by atoms with Gasteiger partial charge in [-0.25, -0.2) is 0 Å². The number of rotatable bonds is 3. The first-order valence-electron chi connectivity index (χ1n) is 5.28. The molecule has 1 amide bonds. The van der Waals surface area contributed by atoms with Gasteiger partial charge in [0, 0.05) is 12.0 Å². The molecular weight excluding hydrogens is 206 g/mol. The van der Waals surface area contributed by atoms with Crippen molar-refractivity contribution in [1.82, 2.24) is 5.32 Å².